The summed E-state index contributed by atoms with van der Waals surface area (Å²) in [4.78, 5) is 2.02. The number of aliphatic hydroxyl groups excluding tert-OH is 1. The van der Waals surface area contributed by atoms with Crippen molar-refractivity contribution >= 4 is 0 Å². The lowest BCUT2D eigenvalue weighted by molar-refractivity contribution is 0.0235. The van der Waals surface area contributed by atoms with E-state index in [2.05, 4.69) is 0 Å². The van der Waals surface area contributed by atoms with E-state index in [1.165, 1.54) is 0 Å². The molecule has 1 aromatic heterocycles. The Morgan fingerprint density at radius 1 is 1.50 bits per heavy atom. The van der Waals surface area contributed by atoms with Gasteiger partial charge in [0.2, 0.25) is 0 Å². The number of nitrogens with zero attached hydrogens (tertiary/aromatic N) is 1. The Bertz CT molecular complexity index is 298. The highest BCUT2D eigenvalue weighted by Crippen LogP contribution is 2.08. The summed E-state index contributed by atoms with van der Waals surface area (Å²) in [7, 11) is 1.95. The predicted molar refractivity (Wildman–Crippen MR) is 62.3 cm³/mol. The summed E-state index contributed by atoms with van der Waals surface area (Å²) in [5.74, 6) is 1.84. The molecule has 0 bridgehead atoms. The SMILES string of the molecule is CCOCC(O)CN(C)Cc1ccc(C)o1. The molecule has 1 atom stereocenters. The second-order valence-corrected chi connectivity index (χ2v) is 4.02. The van der Waals surface area contributed by atoms with Gasteiger partial charge in [0.05, 0.1) is 19.3 Å². The molecule has 0 radical (unpaired) electrons. The first kappa shape index (κ1) is 13.2. The van der Waals surface area contributed by atoms with Crippen LogP contribution in [0.5, 0.6) is 0 Å². The minimum absolute atomic E-state index is 0.387. The Labute approximate surface area is 96.8 Å². The zero-order valence-corrected chi connectivity index (χ0v) is 10.3. The number of rotatable bonds is 7. The summed E-state index contributed by atoms with van der Waals surface area (Å²) in [6.45, 7) is 6.16. The highest BCUT2D eigenvalue weighted by molar-refractivity contribution is 5.05. The van der Waals surface area contributed by atoms with E-state index >= 15 is 0 Å². The third kappa shape index (κ3) is 4.79. The minimum atomic E-state index is -0.444. The average molecular weight is 227 g/mol. The Morgan fingerprint density at radius 3 is 2.81 bits per heavy atom. The molecule has 0 fully saturated rings. The number of hydrogen-bond acceptors (Lipinski definition) is 4. The molecule has 0 saturated carbocycles. The molecule has 16 heavy (non-hydrogen) atoms. The quantitative estimate of drug-likeness (QED) is 0.765. The topological polar surface area (TPSA) is 45.8 Å². The molecule has 0 amide bonds. The zero-order valence-electron chi connectivity index (χ0n) is 10.3. The lowest BCUT2D eigenvalue weighted by Gasteiger charge is -2.19. The number of likely N-dealkylation sites (N-methyl/N-ethyl adjacent to an activating group) is 1. The number of ether oxygens (including phenoxy) is 1. The molecule has 4 heteroatoms. The van der Waals surface area contributed by atoms with Crippen molar-refractivity contribution in [2.24, 2.45) is 0 Å². The predicted octanol–water partition coefficient (Wildman–Crippen LogP) is 1.42. The third-order valence-electron chi connectivity index (χ3n) is 2.26. The second kappa shape index (κ2) is 6.68. The van der Waals surface area contributed by atoms with Crippen molar-refractivity contribution in [3.8, 4) is 0 Å². The maximum Gasteiger partial charge on any atom is 0.118 e. The van der Waals surface area contributed by atoms with Crippen LogP contribution in [0.4, 0.5) is 0 Å². The smallest absolute Gasteiger partial charge is 0.118 e. The number of aryl methyl sites for hydroxylation is 1. The van der Waals surface area contributed by atoms with Gasteiger partial charge in [-0.25, -0.2) is 0 Å². The monoisotopic (exact) mass is 227 g/mol. The van der Waals surface area contributed by atoms with Crippen LogP contribution in [-0.2, 0) is 11.3 Å². The van der Waals surface area contributed by atoms with Crippen LogP contribution < -0.4 is 0 Å². The molecule has 92 valence electrons. The summed E-state index contributed by atoms with van der Waals surface area (Å²) < 4.78 is 10.6. The van der Waals surface area contributed by atoms with Crippen molar-refractivity contribution in [1.82, 2.24) is 4.90 Å². The molecule has 0 aliphatic heterocycles. The average Bonchev–Trinajstić information content (AvgIpc) is 2.60. The maximum atomic E-state index is 9.64. The van der Waals surface area contributed by atoms with Gasteiger partial charge < -0.3 is 14.3 Å². The molecule has 1 aromatic rings. The van der Waals surface area contributed by atoms with E-state index < -0.39 is 6.10 Å². The fourth-order valence-electron chi connectivity index (χ4n) is 1.57. The van der Waals surface area contributed by atoms with E-state index in [0.29, 0.717) is 26.3 Å². The molecule has 1 heterocycles. The van der Waals surface area contributed by atoms with Crippen molar-refractivity contribution in [1.29, 1.82) is 0 Å². The van der Waals surface area contributed by atoms with Gasteiger partial charge in [0.15, 0.2) is 0 Å². The molecule has 0 spiro atoms. The van der Waals surface area contributed by atoms with Crippen molar-refractivity contribution in [2.45, 2.75) is 26.5 Å². The van der Waals surface area contributed by atoms with Crippen LogP contribution in [0.1, 0.15) is 18.4 Å². The lowest BCUT2D eigenvalue weighted by Crippen LogP contribution is -2.31. The van der Waals surface area contributed by atoms with E-state index in [4.69, 9.17) is 9.15 Å². The molecule has 0 aromatic carbocycles. The van der Waals surface area contributed by atoms with Crippen LogP contribution in [-0.4, -0.2) is 42.9 Å². The van der Waals surface area contributed by atoms with E-state index in [9.17, 15) is 5.11 Å². The van der Waals surface area contributed by atoms with Gasteiger partial charge in [-0.05, 0) is 33.0 Å². The fraction of sp³-hybridized carbons (Fsp3) is 0.667. The first-order chi connectivity index (χ1) is 7.61. The van der Waals surface area contributed by atoms with Gasteiger partial charge in [0.1, 0.15) is 11.5 Å². The van der Waals surface area contributed by atoms with Crippen molar-refractivity contribution in [3.63, 3.8) is 0 Å². The van der Waals surface area contributed by atoms with Crippen LogP contribution in [0.15, 0.2) is 16.5 Å². The normalized spacial score (nSPS) is 13.3. The van der Waals surface area contributed by atoms with E-state index in [1.54, 1.807) is 0 Å². The summed E-state index contributed by atoms with van der Waals surface area (Å²) >= 11 is 0. The largest absolute Gasteiger partial charge is 0.465 e. The highest BCUT2D eigenvalue weighted by Gasteiger charge is 2.10. The second-order valence-electron chi connectivity index (χ2n) is 4.02. The van der Waals surface area contributed by atoms with Crippen LogP contribution in [0, 0.1) is 6.92 Å². The van der Waals surface area contributed by atoms with E-state index in [-0.39, 0.29) is 0 Å². The molecule has 0 aliphatic carbocycles. The van der Waals surface area contributed by atoms with Gasteiger partial charge in [-0.15, -0.1) is 0 Å². The Hall–Kier alpha value is -0.840. The van der Waals surface area contributed by atoms with Gasteiger partial charge in [-0.1, -0.05) is 0 Å². The summed E-state index contributed by atoms with van der Waals surface area (Å²) in [6, 6.07) is 3.90. The minimum Gasteiger partial charge on any atom is -0.465 e. The molecule has 1 N–H and O–H groups in total. The number of hydrogen-bond donors (Lipinski definition) is 1. The maximum absolute atomic E-state index is 9.64. The Kier molecular flexibility index (Phi) is 5.52. The molecular weight excluding hydrogens is 206 g/mol. The molecule has 1 rings (SSSR count). The van der Waals surface area contributed by atoms with E-state index in [0.717, 1.165) is 11.5 Å². The van der Waals surface area contributed by atoms with Crippen LogP contribution in [0.2, 0.25) is 0 Å². The van der Waals surface area contributed by atoms with Gasteiger partial charge in [-0.2, -0.15) is 0 Å². The number of furan rings is 1. The molecular formula is C12H21NO3. The highest BCUT2D eigenvalue weighted by atomic mass is 16.5. The standard InChI is InChI=1S/C12H21NO3/c1-4-15-9-11(14)7-13(3)8-12-6-5-10(2)16-12/h5-6,11,14H,4,7-9H2,1-3H3. The molecule has 4 nitrogen and oxygen atoms in total. The summed E-state index contributed by atoms with van der Waals surface area (Å²) in [5, 5.41) is 9.64. The lowest BCUT2D eigenvalue weighted by atomic mass is 10.3. The Balaban J connectivity index is 2.27. The van der Waals surface area contributed by atoms with Gasteiger partial charge in [0.25, 0.3) is 0 Å². The molecule has 0 aliphatic rings. The summed E-state index contributed by atoms with van der Waals surface area (Å²) in [5.41, 5.74) is 0. The van der Waals surface area contributed by atoms with Crippen molar-refractivity contribution < 1.29 is 14.3 Å². The van der Waals surface area contributed by atoms with Crippen LogP contribution in [0.25, 0.3) is 0 Å². The summed E-state index contributed by atoms with van der Waals surface area (Å²) in [6.07, 6.45) is -0.444. The first-order valence-corrected chi connectivity index (χ1v) is 5.61. The van der Waals surface area contributed by atoms with E-state index in [1.807, 2.05) is 37.9 Å². The van der Waals surface area contributed by atoms with Crippen molar-refractivity contribution in [3.05, 3.63) is 23.7 Å². The van der Waals surface area contributed by atoms with Crippen LogP contribution >= 0.6 is 0 Å². The van der Waals surface area contributed by atoms with Crippen LogP contribution in [0.3, 0.4) is 0 Å². The van der Waals surface area contributed by atoms with Gasteiger partial charge >= 0.3 is 0 Å². The Morgan fingerprint density at radius 2 is 2.25 bits per heavy atom. The number of aliphatic hydroxyl groups is 1. The first-order valence-electron chi connectivity index (χ1n) is 5.61. The third-order valence-corrected chi connectivity index (χ3v) is 2.26. The fourth-order valence-corrected chi connectivity index (χ4v) is 1.57. The molecule has 0 saturated heterocycles. The zero-order chi connectivity index (χ0) is 12.0. The van der Waals surface area contributed by atoms with Gasteiger partial charge in [0, 0.05) is 13.2 Å². The molecule has 1 unspecified atom stereocenters. The van der Waals surface area contributed by atoms with Crippen molar-refractivity contribution in [2.75, 3.05) is 26.8 Å². The van der Waals surface area contributed by atoms with Gasteiger partial charge in [-0.3, -0.25) is 4.90 Å².